The van der Waals surface area contributed by atoms with Crippen molar-refractivity contribution in [2.75, 3.05) is 0 Å². The molecule has 0 spiro atoms. The fraction of sp³-hybridized carbons (Fsp3) is 0.345. The number of aryl methyl sites for hydroxylation is 1. The molecule has 35 heavy (non-hydrogen) atoms. The number of benzene rings is 2. The average Bonchev–Trinajstić information content (AvgIpc) is 3.59. The van der Waals surface area contributed by atoms with Gasteiger partial charge in [0.2, 0.25) is 0 Å². The zero-order valence-corrected chi connectivity index (χ0v) is 21.4. The van der Waals surface area contributed by atoms with Crippen LogP contribution in [0.3, 0.4) is 0 Å². The standard InChI is InChI=1S/C29H30N4OS/c1-14(2)28-30-21-10-9-19-18(25(21)32-28)7-6-17-12-24(35-27(17)19)16-5-8-20-23(11-16)34-13-22-26(20)33-29(31-22)15(3)4/h5-8,11-12,14-15,28,30,32H,9-10,13H2,1-4H3,(H,31,33). The maximum Gasteiger partial charge on any atom is 0.132 e. The number of imidazole rings is 1. The molecule has 1 aliphatic carbocycles. The number of aromatic nitrogens is 2. The first-order chi connectivity index (χ1) is 17.0. The summed E-state index contributed by atoms with van der Waals surface area (Å²) in [6, 6.07) is 13.5. The summed E-state index contributed by atoms with van der Waals surface area (Å²) in [4.78, 5) is 9.56. The molecule has 3 aliphatic rings. The zero-order valence-electron chi connectivity index (χ0n) is 20.6. The smallest absolute Gasteiger partial charge is 0.132 e. The summed E-state index contributed by atoms with van der Waals surface area (Å²) in [5.74, 6) is 2.87. The molecule has 0 bridgehead atoms. The number of aromatic amines is 1. The second kappa shape index (κ2) is 7.62. The van der Waals surface area contributed by atoms with E-state index in [1.54, 1.807) is 0 Å². The predicted octanol–water partition coefficient (Wildman–Crippen LogP) is 6.76. The Morgan fingerprint density at radius 3 is 2.69 bits per heavy atom. The van der Waals surface area contributed by atoms with E-state index in [9.17, 15) is 0 Å². The SMILES string of the molecule is CC(C)c1nc2c([nH]1)-c1ccc(-c3cc4ccc5c(c4s3)CCC3=C5NC(C(C)C)N3)cc1OC2. The van der Waals surface area contributed by atoms with Crippen LogP contribution in [-0.2, 0) is 13.0 Å². The van der Waals surface area contributed by atoms with E-state index in [-0.39, 0.29) is 0 Å². The van der Waals surface area contributed by atoms with Gasteiger partial charge < -0.3 is 20.4 Å². The monoisotopic (exact) mass is 482 g/mol. The van der Waals surface area contributed by atoms with E-state index in [0.29, 0.717) is 24.6 Å². The fourth-order valence-corrected chi connectivity index (χ4v) is 6.75. The van der Waals surface area contributed by atoms with Gasteiger partial charge in [-0.3, -0.25) is 0 Å². The Labute approximate surface area is 209 Å². The number of rotatable bonds is 3. The topological polar surface area (TPSA) is 62.0 Å². The highest BCUT2D eigenvalue weighted by Crippen LogP contribution is 2.44. The average molecular weight is 483 g/mol. The molecule has 4 heterocycles. The van der Waals surface area contributed by atoms with Gasteiger partial charge in [0.15, 0.2) is 0 Å². The van der Waals surface area contributed by atoms with Gasteiger partial charge in [0, 0.05) is 32.3 Å². The van der Waals surface area contributed by atoms with Crippen molar-refractivity contribution in [1.29, 1.82) is 0 Å². The van der Waals surface area contributed by atoms with Crippen molar-refractivity contribution >= 4 is 27.1 Å². The number of allylic oxidation sites excluding steroid dienone is 1. The molecule has 0 saturated carbocycles. The third-order valence-electron chi connectivity index (χ3n) is 7.53. The normalized spacial score (nSPS) is 18.2. The highest BCUT2D eigenvalue weighted by atomic mass is 32.1. The van der Waals surface area contributed by atoms with Crippen molar-refractivity contribution in [2.45, 2.75) is 59.2 Å². The number of nitrogens with zero attached hydrogens (tertiary/aromatic N) is 1. The molecule has 7 rings (SSSR count). The van der Waals surface area contributed by atoms with Crippen molar-refractivity contribution in [3.63, 3.8) is 0 Å². The Balaban J connectivity index is 1.26. The van der Waals surface area contributed by atoms with Crippen molar-refractivity contribution < 1.29 is 4.74 Å². The maximum absolute atomic E-state index is 6.15. The number of nitrogens with one attached hydrogen (secondary N) is 3. The molecule has 0 fully saturated rings. The highest BCUT2D eigenvalue weighted by molar-refractivity contribution is 7.22. The lowest BCUT2D eigenvalue weighted by molar-refractivity contribution is 0.298. The van der Waals surface area contributed by atoms with Gasteiger partial charge in [-0.15, -0.1) is 11.3 Å². The van der Waals surface area contributed by atoms with E-state index in [1.807, 2.05) is 11.3 Å². The van der Waals surface area contributed by atoms with Crippen LogP contribution in [-0.4, -0.2) is 16.1 Å². The summed E-state index contributed by atoms with van der Waals surface area (Å²) in [6.45, 7) is 9.36. The Hall–Kier alpha value is -3.25. The molecular formula is C29H30N4OS. The third-order valence-corrected chi connectivity index (χ3v) is 8.79. The molecule has 0 amide bonds. The first-order valence-corrected chi connectivity index (χ1v) is 13.5. The molecule has 1 atom stereocenters. The number of H-pyrrole nitrogens is 1. The van der Waals surface area contributed by atoms with Crippen LogP contribution in [0.15, 0.2) is 42.1 Å². The van der Waals surface area contributed by atoms with Gasteiger partial charge >= 0.3 is 0 Å². The molecule has 2 aliphatic heterocycles. The van der Waals surface area contributed by atoms with E-state index in [0.717, 1.165) is 41.4 Å². The van der Waals surface area contributed by atoms with Crippen molar-refractivity contribution in [3.8, 4) is 27.4 Å². The first kappa shape index (κ1) is 21.1. The summed E-state index contributed by atoms with van der Waals surface area (Å²) in [5, 5.41) is 8.79. The Morgan fingerprint density at radius 1 is 1.00 bits per heavy atom. The van der Waals surface area contributed by atoms with Crippen LogP contribution in [0.1, 0.15) is 62.7 Å². The highest BCUT2D eigenvalue weighted by Gasteiger charge is 2.31. The number of ether oxygens (including phenoxy) is 1. The van der Waals surface area contributed by atoms with Crippen LogP contribution in [0, 0.1) is 5.92 Å². The molecule has 0 radical (unpaired) electrons. The van der Waals surface area contributed by atoms with E-state index < -0.39 is 0 Å². The molecule has 2 aromatic heterocycles. The summed E-state index contributed by atoms with van der Waals surface area (Å²) in [7, 11) is 0. The van der Waals surface area contributed by atoms with Crippen molar-refractivity contribution in [3.05, 3.63) is 64.7 Å². The minimum absolute atomic E-state index is 0.322. The summed E-state index contributed by atoms with van der Waals surface area (Å²) in [5.41, 5.74) is 9.95. The van der Waals surface area contributed by atoms with Crippen LogP contribution in [0.4, 0.5) is 0 Å². The van der Waals surface area contributed by atoms with Crippen LogP contribution in [0.25, 0.3) is 37.5 Å². The van der Waals surface area contributed by atoms with Gasteiger partial charge in [0.1, 0.15) is 23.9 Å². The lowest BCUT2D eigenvalue weighted by atomic mass is 9.92. The maximum atomic E-state index is 6.15. The second-order valence-corrected chi connectivity index (χ2v) is 11.6. The summed E-state index contributed by atoms with van der Waals surface area (Å²) < 4.78 is 7.56. The Bertz CT molecular complexity index is 1520. The van der Waals surface area contributed by atoms with Crippen LogP contribution in [0.5, 0.6) is 5.75 Å². The second-order valence-electron chi connectivity index (χ2n) is 10.6. The zero-order chi connectivity index (χ0) is 23.8. The van der Waals surface area contributed by atoms with Gasteiger partial charge in [-0.1, -0.05) is 45.9 Å². The van der Waals surface area contributed by atoms with Gasteiger partial charge in [-0.2, -0.15) is 0 Å². The number of hydrogen-bond acceptors (Lipinski definition) is 5. The molecular weight excluding hydrogens is 452 g/mol. The minimum atomic E-state index is 0.322. The fourth-order valence-electron chi connectivity index (χ4n) is 5.52. The van der Waals surface area contributed by atoms with Crippen LogP contribution >= 0.6 is 11.3 Å². The quantitative estimate of drug-likeness (QED) is 0.302. The minimum Gasteiger partial charge on any atom is -0.486 e. The van der Waals surface area contributed by atoms with Crippen molar-refractivity contribution in [1.82, 2.24) is 20.6 Å². The van der Waals surface area contributed by atoms with Gasteiger partial charge in [0.25, 0.3) is 0 Å². The molecule has 5 nitrogen and oxygen atoms in total. The van der Waals surface area contributed by atoms with Gasteiger partial charge in [-0.05, 0) is 53.5 Å². The summed E-state index contributed by atoms with van der Waals surface area (Å²) >= 11 is 1.90. The van der Waals surface area contributed by atoms with E-state index >= 15 is 0 Å². The summed E-state index contributed by atoms with van der Waals surface area (Å²) in [6.07, 6.45) is 2.48. The lowest BCUT2D eigenvalue weighted by Crippen LogP contribution is -2.37. The third kappa shape index (κ3) is 3.23. The molecule has 4 aromatic rings. The largest absolute Gasteiger partial charge is 0.486 e. The molecule has 3 N–H and O–H groups in total. The number of fused-ring (bicyclic) bond motifs is 7. The van der Waals surface area contributed by atoms with E-state index in [2.05, 4.69) is 79.7 Å². The molecule has 0 saturated heterocycles. The Kier molecular flexibility index (Phi) is 4.59. The Morgan fingerprint density at radius 2 is 1.86 bits per heavy atom. The molecule has 6 heteroatoms. The first-order valence-electron chi connectivity index (χ1n) is 12.6. The predicted molar refractivity (Wildman–Crippen MR) is 143 cm³/mol. The van der Waals surface area contributed by atoms with Crippen LogP contribution in [0.2, 0.25) is 0 Å². The lowest BCUT2D eigenvalue weighted by Gasteiger charge is -2.19. The molecule has 1 unspecified atom stereocenters. The van der Waals surface area contributed by atoms with Gasteiger partial charge in [-0.25, -0.2) is 4.98 Å². The van der Waals surface area contributed by atoms with E-state index in [4.69, 9.17) is 9.72 Å². The van der Waals surface area contributed by atoms with E-state index in [1.165, 1.54) is 43.0 Å². The van der Waals surface area contributed by atoms with Crippen LogP contribution < -0.4 is 15.4 Å². The number of hydrogen-bond donors (Lipinski definition) is 3. The number of thiophene rings is 1. The van der Waals surface area contributed by atoms with Crippen molar-refractivity contribution in [2.24, 2.45) is 5.92 Å². The van der Waals surface area contributed by atoms with Gasteiger partial charge in [0.05, 0.1) is 17.6 Å². The molecule has 178 valence electrons. The molecule has 2 aromatic carbocycles.